The van der Waals surface area contributed by atoms with Crippen molar-refractivity contribution >= 4 is 18.0 Å². The maximum atomic E-state index is 12.0. The molecule has 6 nitrogen and oxygen atoms in total. The number of hydrazone groups is 1. The fourth-order valence-corrected chi connectivity index (χ4v) is 2.14. The highest BCUT2D eigenvalue weighted by Gasteiger charge is 2.09. The van der Waals surface area contributed by atoms with E-state index in [4.69, 9.17) is 4.74 Å². The molecule has 0 heterocycles. The summed E-state index contributed by atoms with van der Waals surface area (Å²) < 4.78 is 5.43. The highest BCUT2D eigenvalue weighted by atomic mass is 16.5. The van der Waals surface area contributed by atoms with E-state index >= 15 is 0 Å². The van der Waals surface area contributed by atoms with E-state index in [2.05, 4.69) is 22.4 Å². The van der Waals surface area contributed by atoms with Crippen LogP contribution in [-0.4, -0.2) is 31.2 Å². The molecule has 0 aliphatic rings. The summed E-state index contributed by atoms with van der Waals surface area (Å²) in [5.74, 6) is -0.0257. The number of rotatable bonds is 8. The molecule has 0 saturated carbocycles. The van der Waals surface area contributed by atoms with Gasteiger partial charge in [0.1, 0.15) is 12.4 Å². The number of carbonyl (C=O) groups is 2. The zero-order valence-electron chi connectivity index (χ0n) is 14.6. The van der Waals surface area contributed by atoms with E-state index in [1.165, 1.54) is 6.21 Å². The van der Waals surface area contributed by atoms with Crippen molar-refractivity contribution in [3.8, 4) is 5.75 Å². The first-order valence-electron chi connectivity index (χ1n) is 8.09. The molecule has 2 amide bonds. The molecule has 2 N–H and O–H groups in total. The van der Waals surface area contributed by atoms with Gasteiger partial charge in [0.15, 0.2) is 0 Å². The van der Waals surface area contributed by atoms with Crippen LogP contribution in [0, 0.1) is 6.92 Å². The van der Waals surface area contributed by atoms with Gasteiger partial charge in [-0.25, -0.2) is 5.43 Å². The third-order valence-corrected chi connectivity index (χ3v) is 3.43. The molecule has 0 unspecified atom stereocenters. The molecule has 0 aromatic heterocycles. The average Bonchev–Trinajstić information content (AvgIpc) is 2.65. The largest absolute Gasteiger partial charge is 0.490 e. The minimum absolute atomic E-state index is 0.160. The smallest absolute Gasteiger partial charge is 0.259 e. The second kappa shape index (κ2) is 9.78. The van der Waals surface area contributed by atoms with Crippen LogP contribution < -0.4 is 15.5 Å². The molecule has 0 fully saturated rings. The maximum Gasteiger partial charge on any atom is 0.259 e. The van der Waals surface area contributed by atoms with E-state index in [0.717, 1.165) is 11.1 Å². The van der Waals surface area contributed by atoms with Crippen LogP contribution in [0.1, 0.15) is 21.5 Å². The van der Waals surface area contributed by atoms with Gasteiger partial charge in [0.25, 0.3) is 11.8 Å². The van der Waals surface area contributed by atoms with Crippen LogP contribution in [0.15, 0.2) is 66.3 Å². The molecule has 2 aromatic rings. The highest BCUT2D eigenvalue weighted by Crippen LogP contribution is 2.11. The summed E-state index contributed by atoms with van der Waals surface area (Å²) in [7, 11) is 0. The second-order valence-electron chi connectivity index (χ2n) is 5.46. The van der Waals surface area contributed by atoms with Crippen LogP contribution in [0.3, 0.4) is 0 Å². The van der Waals surface area contributed by atoms with Gasteiger partial charge < -0.3 is 10.1 Å². The lowest BCUT2D eigenvalue weighted by Crippen LogP contribution is -2.35. The number of nitrogens with zero attached hydrogens (tertiary/aromatic N) is 1. The van der Waals surface area contributed by atoms with Gasteiger partial charge in [-0.2, -0.15) is 5.10 Å². The zero-order chi connectivity index (χ0) is 18.8. The molecule has 0 aliphatic carbocycles. The summed E-state index contributed by atoms with van der Waals surface area (Å²) in [6, 6.07) is 14.4. The number of hydrogen-bond acceptors (Lipinski definition) is 4. The molecule has 0 atom stereocenters. The SMILES string of the molecule is C=CCOc1cccc(/C=N\NC(=O)CNC(=O)c2ccccc2C)c1. The number of carbonyl (C=O) groups excluding carboxylic acids is 2. The van der Waals surface area contributed by atoms with Gasteiger partial charge in [-0.05, 0) is 36.2 Å². The van der Waals surface area contributed by atoms with Gasteiger partial charge in [0, 0.05) is 5.56 Å². The van der Waals surface area contributed by atoms with Gasteiger partial charge in [0.05, 0.1) is 12.8 Å². The first-order valence-corrected chi connectivity index (χ1v) is 8.09. The van der Waals surface area contributed by atoms with Crippen molar-refractivity contribution in [1.82, 2.24) is 10.7 Å². The van der Waals surface area contributed by atoms with Crippen LogP contribution in [0.5, 0.6) is 5.75 Å². The molecule has 0 radical (unpaired) electrons. The monoisotopic (exact) mass is 351 g/mol. The Labute approximate surface area is 152 Å². The quantitative estimate of drug-likeness (QED) is 0.435. The Morgan fingerprint density at radius 1 is 1.19 bits per heavy atom. The van der Waals surface area contributed by atoms with E-state index in [1.54, 1.807) is 24.3 Å². The number of amides is 2. The molecule has 134 valence electrons. The average molecular weight is 351 g/mol. The molecule has 0 saturated heterocycles. The summed E-state index contributed by atoms with van der Waals surface area (Å²) in [6.07, 6.45) is 3.16. The summed E-state index contributed by atoms with van der Waals surface area (Å²) in [5.41, 5.74) is 4.54. The molecule has 0 bridgehead atoms. The van der Waals surface area contributed by atoms with Crippen LogP contribution >= 0.6 is 0 Å². The minimum atomic E-state index is -0.415. The van der Waals surface area contributed by atoms with E-state index in [0.29, 0.717) is 17.9 Å². The first-order chi connectivity index (χ1) is 12.6. The van der Waals surface area contributed by atoms with Crippen molar-refractivity contribution in [2.45, 2.75) is 6.92 Å². The molecule has 0 spiro atoms. The van der Waals surface area contributed by atoms with Gasteiger partial charge in [-0.3, -0.25) is 9.59 Å². The Balaban J connectivity index is 1.81. The Kier molecular flexibility index (Phi) is 7.12. The lowest BCUT2D eigenvalue weighted by Gasteiger charge is -2.06. The second-order valence-corrected chi connectivity index (χ2v) is 5.46. The molecule has 2 aromatic carbocycles. The minimum Gasteiger partial charge on any atom is -0.490 e. The van der Waals surface area contributed by atoms with Crippen LogP contribution in [0.4, 0.5) is 0 Å². The summed E-state index contributed by atoms with van der Waals surface area (Å²) in [5, 5.41) is 6.45. The van der Waals surface area contributed by atoms with Crippen molar-refractivity contribution in [2.24, 2.45) is 5.10 Å². The number of nitrogens with one attached hydrogen (secondary N) is 2. The van der Waals surface area contributed by atoms with Gasteiger partial charge >= 0.3 is 0 Å². The Morgan fingerprint density at radius 3 is 2.77 bits per heavy atom. The Morgan fingerprint density at radius 2 is 2.00 bits per heavy atom. The summed E-state index contributed by atoms with van der Waals surface area (Å²) >= 11 is 0. The van der Waals surface area contributed by atoms with Crippen molar-refractivity contribution in [2.75, 3.05) is 13.2 Å². The van der Waals surface area contributed by atoms with E-state index in [9.17, 15) is 9.59 Å². The molecule has 0 aliphatic heterocycles. The fourth-order valence-electron chi connectivity index (χ4n) is 2.14. The van der Waals surface area contributed by atoms with Gasteiger partial charge in [-0.1, -0.05) is 43.0 Å². The maximum absolute atomic E-state index is 12.0. The number of hydrogen-bond donors (Lipinski definition) is 2. The predicted molar refractivity (Wildman–Crippen MR) is 101 cm³/mol. The van der Waals surface area contributed by atoms with Gasteiger partial charge in [-0.15, -0.1) is 0 Å². The highest BCUT2D eigenvalue weighted by molar-refractivity contribution is 5.97. The number of aryl methyl sites for hydroxylation is 1. The van der Waals surface area contributed by atoms with E-state index < -0.39 is 5.91 Å². The fraction of sp³-hybridized carbons (Fsp3) is 0.150. The lowest BCUT2D eigenvalue weighted by atomic mass is 10.1. The summed E-state index contributed by atoms with van der Waals surface area (Å²) in [4.78, 5) is 23.8. The topological polar surface area (TPSA) is 79.8 Å². The normalized spacial score (nSPS) is 10.3. The Bertz CT molecular complexity index is 815. The zero-order valence-corrected chi connectivity index (χ0v) is 14.6. The molecule has 6 heteroatoms. The Hall–Kier alpha value is -3.41. The van der Waals surface area contributed by atoms with Gasteiger partial charge in [0.2, 0.25) is 0 Å². The molecule has 26 heavy (non-hydrogen) atoms. The summed E-state index contributed by atoms with van der Waals surface area (Å²) in [6.45, 7) is 5.69. The molecular formula is C20H21N3O3. The molecular weight excluding hydrogens is 330 g/mol. The predicted octanol–water partition coefficient (Wildman–Crippen LogP) is 2.44. The van der Waals surface area contributed by atoms with E-state index in [1.807, 2.05) is 37.3 Å². The lowest BCUT2D eigenvalue weighted by molar-refractivity contribution is -0.120. The van der Waals surface area contributed by atoms with Crippen LogP contribution in [0.25, 0.3) is 0 Å². The third kappa shape index (κ3) is 5.90. The van der Waals surface area contributed by atoms with Crippen molar-refractivity contribution < 1.29 is 14.3 Å². The van der Waals surface area contributed by atoms with Crippen molar-refractivity contribution in [3.05, 3.63) is 77.9 Å². The third-order valence-electron chi connectivity index (χ3n) is 3.43. The first kappa shape index (κ1) is 18.9. The van der Waals surface area contributed by atoms with E-state index in [-0.39, 0.29) is 12.5 Å². The van der Waals surface area contributed by atoms with Crippen LogP contribution in [-0.2, 0) is 4.79 Å². The number of ether oxygens (including phenoxy) is 1. The van der Waals surface area contributed by atoms with Crippen molar-refractivity contribution in [1.29, 1.82) is 0 Å². The van der Waals surface area contributed by atoms with Crippen LogP contribution in [0.2, 0.25) is 0 Å². The molecule has 2 rings (SSSR count). The van der Waals surface area contributed by atoms with Crippen molar-refractivity contribution in [3.63, 3.8) is 0 Å². The number of benzene rings is 2. The standard InChI is InChI=1S/C20H21N3O3/c1-3-11-26-17-9-6-8-16(12-17)13-22-23-19(24)14-21-20(25)18-10-5-4-7-15(18)2/h3-10,12-13H,1,11,14H2,2H3,(H,21,25)(H,23,24)/b22-13-.